The topological polar surface area (TPSA) is 328 Å². The van der Waals surface area contributed by atoms with Crippen LogP contribution in [0.4, 0.5) is 0 Å². The third-order valence-electron chi connectivity index (χ3n) is 9.71. The van der Waals surface area contributed by atoms with E-state index in [-0.39, 0.29) is 39.9 Å². The minimum atomic E-state index is -1.91. The van der Waals surface area contributed by atoms with Crippen LogP contribution in [0.5, 0.6) is 0 Å². The van der Waals surface area contributed by atoms with E-state index in [0.717, 1.165) is 32.0 Å². The molecule has 0 aliphatic heterocycles. The van der Waals surface area contributed by atoms with Crippen molar-refractivity contribution in [2.24, 2.45) is 32.0 Å². The molecule has 0 atom stereocenters. The monoisotopic (exact) mass is 1270 g/mol. The molecule has 0 aliphatic rings. The van der Waals surface area contributed by atoms with Crippen molar-refractivity contribution in [3.63, 3.8) is 0 Å². The fraction of sp³-hybridized carbons (Fsp3) is 0. The second-order valence-electron chi connectivity index (χ2n) is 13.5. The van der Waals surface area contributed by atoms with Crippen LogP contribution < -0.4 is 42.4 Å². The van der Waals surface area contributed by atoms with Gasteiger partial charge in [0.1, 0.15) is 57.0 Å². The van der Waals surface area contributed by atoms with Gasteiger partial charge in [0, 0.05) is 12.4 Å². The van der Waals surface area contributed by atoms with E-state index in [2.05, 4.69) is 248 Å². The van der Waals surface area contributed by atoms with Crippen LogP contribution in [0.25, 0.3) is 0 Å². The van der Waals surface area contributed by atoms with E-state index in [1.54, 1.807) is 12.4 Å². The van der Waals surface area contributed by atoms with Crippen LogP contribution in [0.3, 0.4) is 0 Å². The summed E-state index contributed by atoms with van der Waals surface area (Å²) in [5, 5.41) is 65.1. The van der Waals surface area contributed by atoms with Gasteiger partial charge in [-0.1, -0.05) is 152 Å². The van der Waals surface area contributed by atoms with Gasteiger partial charge in [0.2, 0.25) is 0 Å². The molecule has 0 spiro atoms. The number of hydrogen-bond acceptors (Lipinski definition) is 19. The minimum Gasteiger partial charge on any atom is -0.444 e. The van der Waals surface area contributed by atoms with Crippen LogP contribution in [0.2, 0.25) is 0 Å². The number of pyridine rings is 1. The van der Waals surface area contributed by atoms with Crippen molar-refractivity contribution in [3.8, 4) is 0 Å². The molecule has 0 fully saturated rings. The van der Waals surface area contributed by atoms with Gasteiger partial charge in [-0.2, -0.15) is 0 Å². The van der Waals surface area contributed by atoms with Gasteiger partial charge in [0.05, 0.1) is 0 Å². The fourth-order valence-electron chi connectivity index (χ4n) is 7.31. The van der Waals surface area contributed by atoms with Crippen LogP contribution >= 0.6 is 14.5 Å². The third kappa shape index (κ3) is 22.0. The van der Waals surface area contributed by atoms with Crippen LogP contribution in [-0.2, 0) is 0 Å². The molecule has 0 saturated heterocycles. The van der Waals surface area contributed by atoms with Crippen LogP contribution in [-0.4, -0.2) is 4.98 Å². The summed E-state index contributed by atoms with van der Waals surface area (Å²) in [5.41, 5.74) is 0. The summed E-state index contributed by atoms with van der Waals surface area (Å²) >= 11 is 0. The molecule has 0 bridgehead atoms. The Balaban J connectivity index is 0.00000102. The number of nitrogens with zero attached hydrogens (tertiary/aromatic N) is 7. The van der Waals surface area contributed by atoms with Gasteiger partial charge in [-0.05, 0) is 109 Å². The quantitative estimate of drug-likeness (QED) is 0.0777. The number of aromatic nitrogens is 1. The van der Waals surface area contributed by atoms with Gasteiger partial charge in [0.25, 0.3) is 0 Å². The molecule has 9 aromatic rings. The Bertz CT molecular complexity index is 2250. The maximum Gasteiger partial charge on any atom is 4.00 e. The maximum atomic E-state index is 8.00. The molecule has 0 N–H and O–H groups in total. The zero-order chi connectivity index (χ0) is 54.4. The Hall–Kier alpha value is -8.51. The van der Waals surface area contributed by atoms with Crippen LogP contribution in [0.1, 0.15) is 0 Å². The first kappa shape index (κ1) is 66.5. The predicted molar refractivity (Wildman–Crippen MR) is 302 cm³/mol. The SMILES string of the molecule is O=N[O-].O=N[O-].O=N[O-].O=N[O-].O=N[O-].O=N[O-].[Th+4].c1ccc([P+](c2ccccc2)(c2ccccc2)c2ccccc2)cc1.c1ccc([P+](c2ccccc2)(c2ccccc2)c2ccccc2)cc1.c1ccncc1. The Morgan fingerprint density at radius 1 is 0.227 bits per heavy atom. The van der Waals surface area contributed by atoms with E-state index < -0.39 is 14.5 Å². The minimum absolute atomic E-state index is 0. The number of rotatable bonds is 8. The first-order chi connectivity index (χ1) is 36.3. The molecule has 1 heterocycles. The van der Waals surface area contributed by atoms with E-state index in [0.29, 0.717) is 0 Å². The molecule has 75 heavy (non-hydrogen) atoms. The van der Waals surface area contributed by atoms with E-state index in [1.807, 2.05) is 18.2 Å². The van der Waals surface area contributed by atoms with Gasteiger partial charge in [-0.3, -0.25) is 4.98 Å². The Morgan fingerprint density at radius 3 is 0.413 bits per heavy atom. The van der Waals surface area contributed by atoms with E-state index in [9.17, 15) is 0 Å². The van der Waals surface area contributed by atoms with Gasteiger partial charge in [-0.15, -0.1) is 32.0 Å². The summed E-state index contributed by atoms with van der Waals surface area (Å²) in [6.07, 6.45) is 3.50. The van der Waals surface area contributed by atoms with Crippen LogP contribution in [0, 0.1) is 101 Å². The molecule has 0 radical (unpaired) electrons. The van der Waals surface area contributed by atoms with Crippen molar-refractivity contribution in [2.75, 3.05) is 0 Å². The second-order valence-corrected chi connectivity index (χ2v) is 20.3. The molecule has 22 heteroatoms. The van der Waals surface area contributed by atoms with Crippen molar-refractivity contribution in [2.45, 2.75) is 0 Å². The Labute approximate surface area is 464 Å². The predicted octanol–water partition coefficient (Wildman–Crippen LogP) is 11.2. The molecular weight excluding hydrogens is 1220 g/mol. The summed E-state index contributed by atoms with van der Waals surface area (Å²) in [6.45, 7) is 0. The Morgan fingerprint density at radius 2 is 0.333 bits per heavy atom. The Kier molecular flexibility index (Phi) is 38.2. The molecule has 8 aromatic carbocycles. The zero-order valence-corrected chi connectivity index (χ0v) is 45.3. The average Bonchev–Trinajstić information content (AvgIpc) is 3.46. The average molecular weight is 1270 g/mol. The first-order valence-electron chi connectivity index (χ1n) is 21.1. The van der Waals surface area contributed by atoms with E-state index >= 15 is 0 Å². The van der Waals surface area contributed by atoms with Crippen LogP contribution in [0.15, 0.2) is 305 Å². The molecule has 0 aliphatic carbocycles. The number of hydrogen-bond donors (Lipinski definition) is 0. The van der Waals surface area contributed by atoms with Crippen molar-refractivity contribution in [1.82, 2.24) is 4.98 Å². The summed E-state index contributed by atoms with van der Waals surface area (Å²) in [5.74, 6) is 0. The fourth-order valence-corrected chi connectivity index (χ4v) is 15.8. The standard InChI is InChI=1S/2C24H20P.C5H5N.6HNO2.Th/c2*1-5-13-21(14-6-1)25(22-15-7-2-8-16-22,23-17-9-3-10-18-23)24-19-11-4-12-20-24;1-2-4-6-5-3-1;6*2-1-3;/h2*1-20H;1-5H;6*(H,2,3);/q2*+1;;;;;;;;+4/p-6. The first-order valence-corrected chi connectivity index (χ1v) is 24.7. The van der Waals surface area contributed by atoms with Crippen molar-refractivity contribution in [1.29, 1.82) is 0 Å². The van der Waals surface area contributed by atoms with Crippen molar-refractivity contribution < 1.29 is 39.9 Å². The van der Waals surface area contributed by atoms with E-state index in [1.165, 1.54) is 42.4 Å². The smallest absolute Gasteiger partial charge is 0.444 e. The van der Waals surface area contributed by atoms with Gasteiger partial charge >= 0.3 is 39.9 Å². The van der Waals surface area contributed by atoms with Gasteiger partial charge in [0.15, 0.2) is 0 Å². The molecule has 0 amide bonds. The summed E-state index contributed by atoms with van der Waals surface area (Å²) in [6, 6.07) is 93.4. The molecular formula is C53H45N7O12P2Th. The van der Waals surface area contributed by atoms with E-state index in [4.69, 9.17) is 60.7 Å². The maximum absolute atomic E-state index is 8.00. The normalized spacial score (nSPS) is 9.07. The van der Waals surface area contributed by atoms with Gasteiger partial charge in [-0.25, -0.2) is 0 Å². The third-order valence-corrected chi connectivity index (χ3v) is 18.3. The summed E-state index contributed by atoms with van der Waals surface area (Å²) in [7, 11) is -3.81. The second kappa shape index (κ2) is 43.1. The zero-order valence-electron chi connectivity index (χ0n) is 39.4. The van der Waals surface area contributed by atoms with Gasteiger partial charge < -0.3 is 60.7 Å². The number of benzene rings is 8. The van der Waals surface area contributed by atoms with Crippen molar-refractivity contribution in [3.05, 3.63) is 334 Å². The molecule has 378 valence electrons. The molecule has 1 aromatic heterocycles. The molecule has 19 nitrogen and oxygen atoms in total. The largest absolute Gasteiger partial charge is 4.00 e. The summed E-state index contributed by atoms with van der Waals surface area (Å²) in [4.78, 5) is 51.8. The molecule has 0 saturated carbocycles. The van der Waals surface area contributed by atoms with Crippen molar-refractivity contribution >= 4 is 57.0 Å². The summed E-state index contributed by atoms with van der Waals surface area (Å²) < 4.78 is 0. The molecule has 0 unspecified atom stereocenters. The molecule has 9 rings (SSSR count).